The van der Waals surface area contributed by atoms with Gasteiger partial charge < -0.3 is 4.98 Å². The van der Waals surface area contributed by atoms with Crippen LogP contribution in [0.25, 0.3) is 16.6 Å². The van der Waals surface area contributed by atoms with Crippen LogP contribution in [0, 0.1) is 11.7 Å². The van der Waals surface area contributed by atoms with Crippen LogP contribution in [-0.4, -0.2) is 9.55 Å². The van der Waals surface area contributed by atoms with E-state index >= 15 is 0 Å². The maximum atomic E-state index is 13.0. The maximum Gasteiger partial charge on any atom is 0.266 e. The minimum atomic E-state index is -0.0736. The first kappa shape index (κ1) is 14.7. The molecule has 0 aliphatic rings. The molecule has 0 saturated carbocycles. The minimum absolute atomic E-state index is 0.0736. The van der Waals surface area contributed by atoms with Crippen LogP contribution in [0.15, 0.2) is 47.3 Å². The molecule has 2 aromatic carbocycles. The second-order valence-corrected chi connectivity index (χ2v) is 6.22. The number of aryl methyl sites for hydroxylation is 1. The number of nitrogens with zero attached hydrogens (tertiary/aromatic N) is 1. The van der Waals surface area contributed by atoms with Crippen LogP contribution in [0.3, 0.4) is 0 Å². The molecule has 22 heavy (non-hydrogen) atoms. The van der Waals surface area contributed by atoms with Crippen molar-refractivity contribution in [2.75, 3.05) is 0 Å². The summed E-state index contributed by atoms with van der Waals surface area (Å²) in [4.78, 5) is 16.1. The molecule has 112 valence electrons. The average molecular weight is 310 g/mol. The van der Waals surface area contributed by atoms with Crippen molar-refractivity contribution in [2.45, 2.75) is 26.7 Å². The van der Waals surface area contributed by atoms with Gasteiger partial charge in [0.05, 0.1) is 16.6 Å². The average Bonchev–Trinajstić information content (AvgIpc) is 2.48. The van der Waals surface area contributed by atoms with Gasteiger partial charge in [-0.05, 0) is 48.8 Å². The van der Waals surface area contributed by atoms with Gasteiger partial charge in [-0.15, -0.1) is 0 Å². The molecule has 0 fully saturated rings. The van der Waals surface area contributed by atoms with E-state index in [-0.39, 0.29) is 5.56 Å². The summed E-state index contributed by atoms with van der Waals surface area (Å²) in [6, 6.07) is 13.7. The third-order valence-electron chi connectivity index (χ3n) is 3.85. The summed E-state index contributed by atoms with van der Waals surface area (Å²) >= 11 is 5.44. The molecule has 3 rings (SSSR count). The third kappa shape index (κ3) is 2.40. The van der Waals surface area contributed by atoms with Crippen LogP contribution in [-0.2, 0) is 0 Å². The highest BCUT2D eigenvalue weighted by Gasteiger charge is 2.12. The number of hydrogen-bond acceptors (Lipinski definition) is 2. The zero-order valence-electron chi connectivity index (χ0n) is 12.9. The fraction of sp³-hybridized carbons (Fsp3) is 0.222. The van der Waals surface area contributed by atoms with Gasteiger partial charge in [-0.25, -0.2) is 0 Å². The lowest BCUT2D eigenvalue weighted by molar-refractivity contribution is 0.830. The number of hydrogen-bond donors (Lipinski definition) is 1. The second kappa shape index (κ2) is 5.54. The Hall–Kier alpha value is -2.20. The topological polar surface area (TPSA) is 37.8 Å². The number of fused-ring (bicyclic) bond motifs is 1. The van der Waals surface area contributed by atoms with Gasteiger partial charge in [0.15, 0.2) is 4.77 Å². The highest BCUT2D eigenvalue weighted by molar-refractivity contribution is 7.71. The first-order valence-electron chi connectivity index (χ1n) is 7.34. The Kier molecular flexibility index (Phi) is 3.71. The van der Waals surface area contributed by atoms with Gasteiger partial charge in [-0.3, -0.25) is 9.36 Å². The van der Waals surface area contributed by atoms with Crippen molar-refractivity contribution in [1.82, 2.24) is 9.55 Å². The highest BCUT2D eigenvalue weighted by atomic mass is 32.1. The monoisotopic (exact) mass is 310 g/mol. The second-order valence-electron chi connectivity index (χ2n) is 5.83. The predicted molar refractivity (Wildman–Crippen MR) is 93.6 cm³/mol. The van der Waals surface area contributed by atoms with Gasteiger partial charge in [0.1, 0.15) is 0 Å². The maximum absolute atomic E-state index is 13.0. The zero-order valence-corrected chi connectivity index (χ0v) is 13.7. The molecular formula is C18H18N2OS. The van der Waals surface area contributed by atoms with Crippen LogP contribution < -0.4 is 5.56 Å². The van der Waals surface area contributed by atoms with Crippen molar-refractivity contribution in [3.8, 4) is 5.69 Å². The summed E-state index contributed by atoms with van der Waals surface area (Å²) in [5.74, 6) is 0.311. The molecule has 0 saturated heterocycles. The van der Waals surface area contributed by atoms with Crippen LogP contribution in [0.4, 0.5) is 0 Å². The number of benzene rings is 2. The Bertz CT molecular complexity index is 967. The molecule has 1 N–H and O–H groups in total. The van der Waals surface area contributed by atoms with Crippen LogP contribution in [0.1, 0.15) is 30.9 Å². The SMILES string of the molecule is Cc1ccc2[nH]c(=S)n(-c3ccccc3C(C)C)c(=O)c2c1. The van der Waals surface area contributed by atoms with Crippen molar-refractivity contribution in [2.24, 2.45) is 0 Å². The van der Waals surface area contributed by atoms with E-state index in [0.29, 0.717) is 16.1 Å². The van der Waals surface area contributed by atoms with Gasteiger partial charge in [0, 0.05) is 0 Å². The van der Waals surface area contributed by atoms with E-state index in [4.69, 9.17) is 12.2 Å². The Morgan fingerprint density at radius 2 is 1.86 bits per heavy atom. The summed E-state index contributed by atoms with van der Waals surface area (Å²) < 4.78 is 2.03. The van der Waals surface area contributed by atoms with Gasteiger partial charge in [0.25, 0.3) is 5.56 Å². The van der Waals surface area contributed by atoms with E-state index in [9.17, 15) is 4.79 Å². The predicted octanol–water partition coefficient (Wildman–Crippen LogP) is 4.48. The van der Waals surface area contributed by atoms with Crippen LogP contribution >= 0.6 is 12.2 Å². The summed E-state index contributed by atoms with van der Waals surface area (Å²) in [6.45, 7) is 6.20. The van der Waals surface area contributed by atoms with E-state index in [1.165, 1.54) is 0 Å². The molecule has 0 bridgehead atoms. The normalized spacial score (nSPS) is 11.3. The van der Waals surface area contributed by atoms with Gasteiger partial charge >= 0.3 is 0 Å². The molecular weight excluding hydrogens is 292 g/mol. The Morgan fingerprint density at radius 3 is 2.59 bits per heavy atom. The van der Waals surface area contributed by atoms with Crippen LogP contribution in [0.2, 0.25) is 0 Å². The summed E-state index contributed by atoms with van der Waals surface area (Å²) in [5, 5.41) is 0.659. The molecule has 0 aliphatic heterocycles. The van der Waals surface area contributed by atoms with E-state index < -0.39 is 0 Å². The van der Waals surface area contributed by atoms with Crippen molar-refractivity contribution in [1.29, 1.82) is 0 Å². The highest BCUT2D eigenvalue weighted by Crippen LogP contribution is 2.22. The summed E-state index contributed by atoms with van der Waals surface area (Å²) in [5.41, 5.74) is 3.72. The first-order chi connectivity index (χ1) is 10.5. The molecule has 1 heterocycles. The van der Waals surface area contributed by atoms with Crippen molar-refractivity contribution < 1.29 is 0 Å². The number of para-hydroxylation sites is 1. The minimum Gasteiger partial charge on any atom is -0.331 e. The lowest BCUT2D eigenvalue weighted by Crippen LogP contribution is -2.22. The van der Waals surface area contributed by atoms with Crippen molar-refractivity contribution >= 4 is 23.1 Å². The van der Waals surface area contributed by atoms with Crippen molar-refractivity contribution in [3.63, 3.8) is 0 Å². The Balaban J connectivity index is 2.42. The first-order valence-corrected chi connectivity index (χ1v) is 7.75. The largest absolute Gasteiger partial charge is 0.331 e. The standard InChI is InChI=1S/C18H18N2OS/c1-11(2)13-6-4-5-7-16(13)20-17(21)14-10-12(3)8-9-15(14)19-18(20)22/h4-11H,1-3H3,(H,19,22). The Labute approximate surface area is 134 Å². The number of nitrogens with one attached hydrogen (secondary N) is 1. The molecule has 3 aromatic rings. The summed E-state index contributed by atoms with van der Waals surface area (Å²) in [6.07, 6.45) is 0. The van der Waals surface area contributed by atoms with Gasteiger partial charge in [0.2, 0.25) is 0 Å². The van der Waals surface area contributed by atoms with E-state index in [0.717, 1.165) is 22.3 Å². The number of aromatic nitrogens is 2. The van der Waals surface area contributed by atoms with Gasteiger partial charge in [-0.2, -0.15) is 0 Å². The molecule has 4 heteroatoms. The van der Waals surface area contributed by atoms with E-state index in [1.807, 2.05) is 49.4 Å². The third-order valence-corrected chi connectivity index (χ3v) is 4.14. The van der Waals surface area contributed by atoms with E-state index in [2.05, 4.69) is 18.8 Å². The number of H-pyrrole nitrogens is 1. The molecule has 0 amide bonds. The fourth-order valence-corrected chi connectivity index (χ4v) is 3.02. The lowest BCUT2D eigenvalue weighted by atomic mass is 10.0. The molecule has 0 radical (unpaired) electrons. The fourth-order valence-electron chi connectivity index (χ4n) is 2.73. The number of rotatable bonds is 2. The summed E-state index contributed by atoms with van der Waals surface area (Å²) in [7, 11) is 0. The number of aromatic amines is 1. The van der Waals surface area contributed by atoms with Crippen LogP contribution in [0.5, 0.6) is 0 Å². The lowest BCUT2D eigenvalue weighted by Gasteiger charge is -2.15. The van der Waals surface area contributed by atoms with Crippen molar-refractivity contribution in [3.05, 3.63) is 68.7 Å². The molecule has 0 unspecified atom stereocenters. The molecule has 1 aromatic heterocycles. The van der Waals surface area contributed by atoms with E-state index in [1.54, 1.807) is 4.57 Å². The smallest absolute Gasteiger partial charge is 0.266 e. The molecule has 0 spiro atoms. The molecule has 0 aliphatic carbocycles. The quantitative estimate of drug-likeness (QED) is 0.709. The Morgan fingerprint density at radius 1 is 1.14 bits per heavy atom. The van der Waals surface area contributed by atoms with Gasteiger partial charge in [-0.1, -0.05) is 43.7 Å². The zero-order chi connectivity index (χ0) is 15.9. The molecule has 0 atom stereocenters. The molecule has 3 nitrogen and oxygen atoms in total.